The minimum absolute atomic E-state index is 0. The maximum Gasteiger partial charge on any atom is 0.408 e. The first-order valence-corrected chi connectivity index (χ1v) is 16.4. The predicted molar refractivity (Wildman–Crippen MR) is 175 cm³/mol. The van der Waals surface area contributed by atoms with Crippen LogP contribution in [0.15, 0.2) is 72.8 Å². The van der Waals surface area contributed by atoms with Crippen molar-refractivity contribution in [3.8, 4) is 0 Å². The number of alkyl halides is 3. The van der Waals surface area contributed by atoms with Gasteiger partial charge in [0.2, 0.25) is 5.91 Å². The van der Waals surface area contributed by atoms with Crippen molar-refractivity contribution in [2.75, 3.05) is 18.1 Å². The molecule has 0 saturated carbocycles. The fourth-order valence-electron chi connectivity index (χ4n) is 4.60. The van der Waals surface area contributed by atoms with Crippen molar-refractivity contribution < 1.29 is 45.6 Å². The second-order valence-corrected chi connectivity index (χ2v) is 12.5. The highest BCUT2D eigenvalue weighted by atomic mass is 35.5. The summed E-state index contributed by atoms with van der Waals surface area (Å²) in [5.74, 6) is -4.25. The lowest BCUT2D eigenvalue weighted by Crippen LogP contribution is -2.56. The second kappa shape index (κ2) is 20.0. The van der Waals surface area contributed by atoms with Crippen LogP contribution in [-0.2, 0) is 46.3 Å². The van der Waals surface area contributed by atoms with Crippen molar-refractivity contribution in [3.63, 3.8) is 0 Å². The molecule has 8 nitrogen and oxygen atoms in total. The molecule has 264 valence electrons. The average Bonchev–Trinajstić information content (AvgIpc) is 3.02. The number of hydrogen-bond acceptors (Lipinski definition) is 6. The molecule has 2 amide bonds. The van der Waals surface area contributed by atoms with Crippen molar-refractivity contribution >= 4 is 35.2 Å². The van der Waals surface area contributed by atoms with Gasteiger partial charge in [-0.2, -0.15) is 13.2 Å². The van der Waals surface area contributed by atoms with Crippen LogP contribution in [0.2, 0.25) is 0 Å². The summed E-state index contributed by atoms with van der Waals surface area (Å²) in [5, 5.41) is 19.0. The van der Waals surface area contributed by atoms with E-state index >= 15 is 0 Å². The van der Waals surface area contributed by atoms with Gasteiger partial charge in [-0.1, -0.05) is 61.5 Å². The number of alkyl carbamates (subject to hydrolysis) is 1. The molecule has 0 radical (unpaired) electrons. The minimum atomic E-state index is -4.59. The number of aliphatic hydroxyl groups is 1. The maximum atomic E-state index is 14.0. The molecule has 3 rings (SSSR count). The minimum Gasteiger partial charge on any atom is -0.445 e. The summed E-state index contributed by atoms with van der Waals surface area (Å²) in [6.45, 7) is 2.11. The van der Waals surface area contributed by atoms with Crippen LogP contribution in [0.1, 0.15) is 35.6 Å². The Morgan fingerprint density at radius 3 is 2.19 bits per heavy atom. The van der Waals surface area contributed by atoms with Gasteiger partial charge in [-0.25, -0.2) is 13.6 Å². The van der Waals surface area contributed by atoms with Crippen LogP contribution < -0.4 is 16.0 Å². The summed E-state index contributed by atoms with van der Waals surface area (Å²) < 4.78 is 84.0. The van der Waals surface area contributed by atoms with Crippen LogP contribution in [0.5, 0.6) is 0 Å². The van der Waals surface area contributed by atoms with Crippen molar-refractivity contribution in [2.24, 2.45) is 0 Å². The van der Waals surface area contributed by atoms with E-state index in [1.807, 2.05) is 31.2 Å². The Balaban J connectivity index is 0.00000800. The van der Waals surface area contributed by atoms with Gasteiger partial charge in [-0.3, -0.25) is 9.00 Å². The predicted octanol–water partition coefficient (Wildman–Crippen LogP) is 5.12. The van der Waals surface area contributed by atoms with Crippen LogP contribution in [-0.4, -0.2) is 63.7 Å². The number of rotatable bonds is 17. The molecule has 0 aliphatic rings. The summed E-state index contributed by atoms with van der Waals surface area (Å²) in [5.41, 5.74) is 2.76. The highest BCUT2D eigenvalue weighted by Crippen LogP contribution is 2.20. The number of ether oxygens (including phenoxy) is 1. The molecule has 4 atom stereocenters. The summed E-state index contributed by atoms with van der Waals surface area (Å²) in [7, 11) is -2.20. The molecule has 0 heterocycles. The molecule has 0 fully saturated rings. The summed E-state index contributed by atoms with van der Waals surface area (Å²) in [4.78, 5) is 26.1. The second-order valence-electron chi connectivity index (χ2n) is 10.9. The Morgan fingerprint density at radius 2 is 1.54 bits per heavy atom. The van der Waals surface area contributed by atoms with E-state index in [2.05, 4.69) is 16.0 Å². The number of benzene rings is 3. The molecule has 0 aliphatic carbocycles. The largest absolute Gasteiger partial charge is 0.445 e. The third-order valence-corrected chi connectivity index (χ3v) is 8.40. The van der Waals surface area contributed by atoms with Crippen molar-refractivity contribution in [1.29, 1.82) is 0 Å². The van der Waals surface area contributed by atoms with Gasteiger partial charge in [0, 0.05) is 35.7 Å². The molecule has 0 saturated heterocycles. The number of hydrogen-bond donors (Lipinski definition) is 4. The van der Waals surface area contributed by atoms with Crippen LogP contribution in [0.4, 0.5) is 26.7 Å². The lowest BCUT2D eigenvalue weighted by atomic mass is 10.00. The van der Waals surface area contributed by atoms with Gasteiger partial charge in [0.25, 0.3) is 0 Å². The summed E-state index contributed by atoms with van der Waals surface area (Å²) >= 11 is 0. The van der Waals surface area contributed by atoms with E-state index in [4.69, 9.17) is 4.74 Å². The smallest absolute Gasteiger partial charge is 0.408 e. The van der Waals surface area contributed by atoms with Gasteiger partial charge in [-0.05, 0) is 47.2 Å². The number of carbonyl (C=O) groups is 2. The topological polar surface area (TPSA) is 117 Å². The van der Waals surface area contributed by atoms with Crippen LogP contribution >= 0.6 is 12.4 Å². The maximum absolute atomic E-state index is 14.0. The number of amides is 2. The standard InChI is InChI=1S/C33H38F5N3O5S.ClH/c1-2-22-9-6-10-24(13-22)18-39-19-30(42)28(16-25-14-26(34)17-27(35)15-25)40-31(43)29(21-47(45)12-11-33(36,37)38)41-32(44)46-20-23-7-4-3-5-8-23;/h3-10,13-15,17,28-30,39,42H,2,11-12,16,18-21H2,1H3,(H,40,43)(H,41,44);1H/t28-,29+,30+,47?;/m0./s1. The fraction of sp³-hybridized carbons (Fsp3) is 0.394. The Morgan fingerprint density at radius 1 is 0.896 bits per heavy atom. The lowest BCUT2D eigenvalue weighted by Gasteiger charge is -2.27. The Hall–Kier alpha value is -3.59. The van der Waals surface area contributed by atoms with Gasteiger partial charge in [0.1, 0.15) is 24.3 Å². The van der Waals surface area contributed by atoms with E-state index in [-0.39, 0.29) is 37.5 Å². The van der Waals surface area contributed by atoms with Gasteiger partial charge in [0.05, 0.1) is 24.3 Å². The number of carbonyl (C=O) groups excluding carboxylic acids is 2. The zero-order valence-electron chi connectivity index (χ0n) is 26.1. The van der Waals surface area contributed by atoms with E-state index in [1.165, 1.54) is 0 Å². The molecule has 48 heavy (non-hydrogen) atoms. The van der Waals surface area contributed by atoms with Crippen LogP contribution in [0, 0.1) is 11.6 Å². The summed E-state index contributed by atoms with van der Waals surface area (Å²) in [6, 6.07) is 16.2. The Kier molecular flexibility index (Phi) is 16.9. The molecular formula is C33H39ClF5N3O5S. The van der Waals surface area contributed by atoms with E-state index in [9.17, 15) is 40.9 Å². The molecule has 4 N–H and O–H groups in total. The Bertz CT molecular complexity index is 1470. The molecule has 1 unspecified atom stereocenters. The Labute approximate surface area is 284 Å². The van der Waals surface area contributed by atoms with E-state index in [0.29, 0.717) is 18.2 Å². The highest BCUT2D eigenvalue weighted by molar-refractivity contribution is 7.85. The third-order valence-electron chi connectivity index (χ3n) is 7.04. The molecule has 0 spiro atoms. The highest BCUT2D eigenvalue weighted by Gasteiger charge is 2.32. The van der Waals surface area contributed by atoms with Crippen LogP contribution in [0.3, 0.4) is 0 Å². The number of aliphatic hydroxyl groups excluding tert-OH is 1. The van der Waals surface area contributed by atoms with E-state index in [1.54, 1.807) is 30.3 Å². The fourth-order valence-corrected chi connectivity index (χ4v) is 5.84. The molecular weight excluding hydrogens is 681 g/mol. The third kappa shape index (κ3) is 15.1. The van der Waals surface area contributed by atoms with Gasteiger partial charge >= 0.3 is 12.3 Å². The van der Waals surface area contributed by atoms with Gasteiger partial charge in [0.15, 0.2) is 0 Å². The van der Waals surface area contributed by atoms with Gasteiger partial charge in [-0.15, -0.1) is 12.4 Å². The van der Waals surface area contributed by atoms with Crippen molar-refractivity contribution in [1.82, 2.24) is 16.0 Å². The number of aryl methyl sites for hydroxylation is 1. The lowest BCUT2D eigenvalue weighted by molar-refractivity contribution is -0.129. The van der Waals surface area contributed by atoms with E-state index < -0.39 is 76.7 Å². The first kappa shape index (κ1) is 40.6. The molecule has 0 aliphatic heterocycles. The molecule has 3 aromatic rings. The monoisotopic (exact) mass is 719 g/mol. The zero-order chi connectivity index (χ0) is 34.4. The van der Waals surface area contributed by atoms with Gasteiger partial charge < -0.3 is 25.8 Å². The molecule has 0 aromatic heterocycles. The number of halogens is 6. The molecule has 3 aromatic carbocycles. The van der Waals surface area contributed by atoms with Crippen molar-refractivity contribution in [3.05, 3.63) is 107 Å². The SMILES string of the molecule is CCc1cccc(CNC[C@@H](O)[C@H](Cc2cc(F)cc(F)c2)NC(=O)[C@@H](CS(=O)CCC(F)(F)F)NC(=O)OCc2ccccc2)c1.Cl. The van der Waals surface area contributed by atoms with E-state index in [0.717, 1.165) is 29.7 Å². The first-order chi connectivity index (χ1) is 22.3. The summed E-state index contributed by atoms with van der Waals surface area (Å²) in [6.07, 6.45) is -7.81. The zero-order valence-corrected chi connectivity index (χ0v) is 27.7. The number of nitrogens with one attached hydrogen (secondary N) is 3. The quantitative estimate of drug-likeness (QED) is 0.144. The average molecular weight is 720 g/mol. The first-order valence-electron chi connectivity index (χ1n) is 14.9. The molecule has 15 heteroatoms. The van der Waals surface area contributed by atoms with Crippen LogP contribution in [0.25, 0.3) is 0 Å². The van der Waals surface area contributed by atoms with Crippen molar-refractivity contribution in [2.45, 2.75) is 63.7 Å². The molecule has 0 bridgehead atoms. The normalized spacial score (nSPS) is 13.8.